The summed E-state index contributed by atoms with van der Waals surface area (Å²) in [5.74, 6) is 0.854. The molecule has 4 rings (SSSR count). The second-order valence-corrected chi connectivity index (χ2v) is 27.2. The van der Waals surface area contributed by atoms with Gasteiger partial charge in [-0.05, 0) is 83.0 Å². The molecular formula is C38H59N3O3SSi2. The molecule has 0 radical (unpaired) electrons. The highest BCUT2D eigenvalue weighted by Crippen LogP contribution is 2.46. The zero-order valence-electron chi connectivity index (χ0n) is 30.7. The average Bonchev–Trinajstić information content (AvgIpc) is 3.64. The number of aromatic nitrogens is 2. The third-order valence-corrected chi connectivity index (χ3v) is 22.5. The number of benzene rings is 1. The molecule has 0 saturated heterocycles. The molecule has 0 unspecified atom stereocenters. The molecule has 0 aliphatic heterocycles. The zero-order valence-corrected chi connectivity index (χ0v) is 33.5. The minimum Gasteiger partial charge on any atom is -0.416 e. The van der Waals surface area contributed by atoms with Gasteiger partial charge in [-0.1, -0.05) is 92.6 Å². The van der Waals surface area contributed by atoms with Gasteiger partial charge in [0.1, 0.15) is 12.1 Å². The number of carbonyl (C=O) groups excluding carboxylic acids is 1. The van der Waals surface area contributed by atoms with Crippen molar-refractivity contribution in [1.82, 2.24) is 9.97 Å². The van der Waals surface area contributed by atoms with Gasteiger partial charge in [0, 0.05) is 24.8 Å². The summed E-state index contributed by atoms with van der Waals surface area (Å²) in [5.41, 5.74) is 4.53. The molecule has 0 bridgehead atoms. The summed E-state index contributed by atoms with van der Waals surface area (Å²) in [7, 11) is -4.05. The lowest BCUT2D eigenvalue weighted by Crippen LogP contribution is -2.51. The van der Waals surface area contributed by atoms with Gasteiger partial charge in [0.2, 0.25) is 14.1 Å². The first-order valence-corrected chi connectivity index (χ1v) is 23.5. The highest BCUT2D eigenvalue weighted by molar-refractivity contribution is 7.12. The van der Waals surface area contributed by atoms with Crippen LogP contribution in [0.25, 0.3) is 0 Å². The van der Waals surface area contributed by atoms with Gasteiger partial charge in [-0.25, -0.2) is 9.97 Å². The lowest BCUT2D eigenvalue weighted by molar-refractivity contribution is 0.0971. The quantitative estimate of drug-likeness (QED) is 0.126. The van der Waals surface area contributed by atoms with Gasteiger partial charge < -0.3 is 14.2 Å². The van der Waals surface area contributed by atoms with Gasteiger partial charge in [0.15, 0.2) is 8.32 Å². The van der Waals surface area contributed by atoms with Crippen molar-refractivity contribution in [3.8, 4) is 0 Å². The third-order valence-electron chi connectivity index (χ3n) is 10.9. The van der Waals surface area contributed by atoms with Crippen LogP contribution in [0.15, 0.2) is 54.3 Å². The molecule has 1 aliphatic rings. The summed E-state index contributed by atoms with van der Waals surface area (Å²) < 4.78 is 14.3. The Hall–Kier alpha value is -2.18. The van der Waals surface area contributed by atoms with Crippen molar-refractivity contribution in [2.75, 3.05) is 11.9 Å². The second-order valence-electron chi connectivity index (χ2n) is 16.0. The minimum atomic E-state index is -2.12. The molecular weight excluding hydrogens is 635 g/mol. The Morgan fingerprint density at radius 3 is 2.23 bits per heavy atom. The molecule has 1 aromatic carbocycles. The van der Waals surface area contributed by atoms with Gasteiger partial charge in [0.05, 0.1) is 16.5 Å². The molecule has 47 heavy (non-hydrogen) atoms. The maximum Gasteiger partial charge on any atom is 0.208 e. The number of nitrogens with zero attached hydrogens (tertiary/aromatic N) is 2. The first-order valence-electron chi connectivity index (χ1n) is 17.6. The molecule has 0 spiro atoms. The summed E-state index contributed by atoms with van der Waals surface area (Å²) in [6, 6.07) is 12.6. The smallest absolute Gasteiger partial charge is 0.208 e. The molecule has 9 heteroatoms. The number of nitrogens with one attached hydrogen (secondary N) is 1. The summed E-state index contributed by atoms with van der Waals surface area (Å²) in [6.45, 7) is 26.4. The number of carbonyl (C=O) groups is 1. The standard InChI is InChI=1S/C38H59N3O3SSi2/c1-26(2)47(27(3)4,28(5)6)44-34-21-32(20-31(34)23-43-46(10,11)38(7,8)9)41-37-33(22-39-25-40-37)36(42)35-19-30(24-45-35)18-17-29-15-13-12-14-16-29/h12-16,19,22,24-28,31-32,34H,17-18,20-21,23H2,1-11H3,(H,39,40,41)/t31-,32-,34+/m1/s1. The van der Waals surface area contributed by atoms with Crippen molar-refractivity contribution in [3.63, 3.8) is 0 Å². The number of anilines is 1. The summed E-state index contributed by atoms with van der Waals surface area (Å²) in [4.78, 5) is 23.4. The highest BCUT2D eigenvalue weighted by Gasteiger charge is 2.50. The fourth-order valence-corrected chi connectivity index (χ4v) is 14.8. The Kier molecular flexibility index (Phi) is 12.5. The highest BCUT2D eigenvalue weighted by atomic mass is 32.1. The van der Waals surface area contributed by atoms with Crippen molar-refractivity contribution in [3.05, 3.63) is 75.9 Å². The minimum absolute atomic E-state index is 0.0292. The summed E-state index contributed by atoms with van der Waals surface area (Å²) in [5, 5.41) is 5.95. The first kappa shape index (κ1) is 37.6. The summed E-state index contributed by atoms with van der Waals surface area (Å²) in [6.07, 6.45) is 6.93. The van der Waals surface area contributed by atoms with Crippen LogP contribution in [0.2, 0.25) is 34.8 Å². The molecule has 258 valence electrons. The molecule has 6 nitrogen and oxygen atoms in total. The Balaban J connectivity index is 1.54. The Labute approximate surface area is 290 Å². The number of hydrogen-bond acceptors (Lipinski definition) is 7. The van der Waals surface area contributed by atoms with Crippen LogP contribution in [0.5, 0.6) is 0 Å². The van der Waals surface area contributed by atoms with Crippen LogP contribution in [0.4, 0.5) is 5.82 Å². The molecule has 0 amide bonds. The molecule has 1 N–H and O–H groups in total. The molecule has 2 aromatic heterocycles. The van der Waals surface area contributed by atoms with Crippen molar-refractivity contribution < 1.29 is 13.6 Å². The number of rotatable bonds is 15. The first-order chi connectivity index (χ1) is 22.0. The molecule has 3 atom stereocenters. The van der Waals surface area contributed by atoms with Gasteiger partial charge in [0.25, 0.3) is 0 Å². The number of ketones is 1. The molecule has 3 aromatic rings. The van der Waals surface area contributed by atoms with Crippen LogP contribution in [0, 0.1) is 5.92 Å². The van der Waals surface area contributed by atoms with E-state index in [-0.39, 0.29) is 28.9 Å². The third kappa shape index (κ3) is 8.90. The molecule has 1 aliphatic carbocycles. The Morgan fingerprint density at radius 1 is 0.979 bits per heavy atom. The Morgan fingerprint density at radius 2 is 1.62 bits per heavy atom. The number of thiophene rings is 1. The van der Waals surface area contributed by atoms with E-state index in [1.165, 1.54) is 28.8 Å². The Bertz CT molecular complexity index is 1430. The van der Waals surface area contributed by atoms with Crippen LogP contribution < -0.4 is 5.32 Å². The van der Waals surface area contributed by atoms with Gasteiger partial charge in [-0.15, -0.1) is 11.3 Å². The van der Waals surface area contributed by atoms with E-state index < -0.39 is 16.6 Å². The van der Waals surface area contributed by atoms with Gasteiger partial charge in [-0.2, -0.15) is 0 Å². The normalized spacial score (nSPS) is 19.2. The predicted octanol–water partition coefficient (Wildman–Crippen LogP) is 10.3. The van der Waals surface area contributed by atoms with Crippen molar-refractivity contribution >= 4 is 39.6 Å². The topological polar surface area (TPSA) is 73.3 Å². The van der Waals surface area contributed by atoms with E-state index in [2.05, 4.69) is 120 Å². The van der Waals surface area contributed by atoms with E-state index in [0.717, 1.165) is 30.6 Å². The number of hydrogen-bond donors (Lipinski definition) is 1. The van der Waals surface area contributed by atoms with Gasteiger partial charge in [-0.3, -0.25) is 4.79 Å². The van der Waals surface area contributed by atoms with Crippen LogP contribution in [-0.4, -0.2) is 51.1 Å². The van der Waals surface area contributed by atoms with Crippen LogP contribution >= 0.6 is 11.3 Å². The maximum absolute atomic E-state index is 13.8. The lowest BCUT2D eigenvalue weighted by atomic mass is 10.1. The monoisotopic (exact) mass is 693 g/mol. The van der Waals surface area contributed by atoms with Crippen molar-refractivity contribution in [2.24, 2.45) is 5.92 Å². The molecule has 1 fully saturated rings. The fraction of sp³-hybridized carbons (Fsp3) is 0.605. The van der Waals surface area contributed by atoms with E-state index in [0.29, 0.717) is 34.6 Å². The molecule has 1 saturated carbocycles. The average molecular weight is 694 g/mol. The predicted molar refractivity (Wildman–Crippen MR) is 203 cm³/mol. The maximum atomic E-state index is 13.8. The van der Waals surface area contributed by atoms with E-state index in [1.54, 1.807) is 6.20 Å². The largest absolute Gasteiger partial charge is 0.416 e. The van der Waals surface area contributed by atoms with E-state index >= 15 is 0 Å². The van der Waals surface area contributed by atoms with Crippen LogP contribution in [-0.2, 0) is 21.7 Å². The van der Waals surface area contributed by atoms with Crippen LogP contribution in [0.3, 0.4) is 0 Å². The SMILES string of the molecule is CC(C)[Si](O[C@H]1C[C@H](Nc2ncncc2C(=O)c2cc(CCc3ccccc3)cs2)C[C@@H]1CO[Si](C)(C)C(C)(C)C)(C(C)C)C(C)C. The second kappa shape index (κ2) is 15.6. The van der Waals surface area contributed by atoms with Gasteiger partial charge >= 0.3 is 0 Å². The van der Waals surface area contributed by atoms with E-state index in [9.17, 15) is 4.79 Å². The van der Waals surface area contributed by atoms with E-state index in [1.807, 2.05) is 12.1 Å². The number of aryl methyl sites for hydroxylation is 2. The van der Waals surface area contributed by atoms with Crippen molar-refractivity contribution in [2.45, 2.75) is 135 Å². The van der Waals surface area contributed by atoms with Crippen LogP contribution in [0.1, 0.15) is 102 Å². The summed E-state index contributed by atoms with van der Waals surface area (Å²) >= 11 is 1.50. The lowest BCUT2D eigenvalue weighted by Gasteiger charge is -2.45. The molecule has 2 heterocycles. The van der Waals surface area contributed by atoms with Crippen molar-refractivity contribution in [1.29, 1.82) is 0 Å². The van der Waals surface area contributed by atoms with E-state index in [4.69, 9.17) is 8.85 Å². The zero-order chi connectivity index (χ0) is 34.6. The fourth-order valence-electron chi connectivity index (χ4n) is 7.22.